The highest BCUT2D eigenvalue weighted by atomic mass is 16.4. The van der Waals surface area contributed by atoms with Crippen LogP contribution >= 0.6 is 0 Å². The van der Waals surface area contributed by atoms with Gasteiger partial charge in [0.25, 0.3) is 0 Å². The standard InChI is InChI=1S/C15H18N2O3/c1-3-9-5-6-10(4-2)11(7-9)14(18)12-13(15(19)20)17-8-16-12/h5-8,14,18H,3-4H2,1-2H3,(H,16,17)(H,19,20). The fourth-order valence-electron chi connectivity index (χ4n) is 2.28. The maximum Gasteiger partial charge on any atom is 0.356 e. The maximum absolute atomic E-state index is 11.1. The van der Waals surface area contributed by atoms with E-state index in [1.807, 2.05) is 32.0 Å². The van der Waals surface area contributed by atoms with Gasteiger partial charge in [-0.15, -0.1) is 0 Å². The molecule has 3 N–H and O–H groups in total. The van der Waals surface area contributed by atoms with Crippen molar-refractivity contribution < 1.29 is 15.0 Å². The summed E-state index contributed by atoms with van der Waals surface area (Å²) in [5, 5.41) is 19.6. The zero-order valence-electron chi connectivity index (χ0n) is 11.6. The molecule has 1 aromatic carbocycles. The second-order valence-corrected chi connectivity index (χ2v) is 4.61. The summed E-state index contributed by atoms with van der Waals surface area (Å²) in [6, 6.07) is 5.93. The number of hydrogen-bond donors (Lipinski definition) is 3. The minimum atomic E-state index is -1.15. The fourth-order valence-corrected chi connectivity index (χ4v) is 2.28. The van der Waals surface area contributed by atoms with Crippen LogP contribution in [0.4, 0.5) is 0 Å². The number of aryl methyl sites for hydroxylation is 2. The smallest absolute Gasteiger partial charge is 0.356 e. The van der Waals surface area contributed by atoms with Crippen molar-refractivity contribution in [2.45, 2.75) is 32.8 Å². The van der Waals surface area contributed by atoms with E-state index in [1.165, 1.54) is 6.33 Å². The lowest BCUT2D eigenvalue weighted by molar-refractivity contribution is 0.0685. The molecule has 0 aliphatic rings. The molecule has 1 atom stereocenters. The molecule has 0 aliphatic carbocycles. The zero-order valence-corrected chi connectivity index (χ0v) is 11.6. The Bertz CT molecular complexity index is 619. The van der Waals surface area contributed by atoms with Gasteiger partial charge in [-0.3, -0.25) is 0 Å². The number of carboxylic acid groups (broad SMARTS) is 1. The quantitative estimate of drug-likeness (QED) is 0.781. The Morgan fingerprint density at radius 3 is 2.70 bits per heavy atom. The molecule has 1 heterocycles. The van der Waals surface area contributed by atoms with Crippen molar-refractivity contribution in [3.05, 3.63) is 52.6 Å². The van der Waals surface area contributed by atoms with Crippen LogP contribution in [0, 0.1) is 0 Å². The number of carboxylic acids is 1. The van der Waals surface area contributed by atoms with E-state index < -0.39 is 12.1 Å². The van der Waals surface area contributed by atoms with Gasteiger partial charge in [-0.25, -0.2) is 9.78 Å². The summed E-state index contributed by atoms with van der Waals surface area (Å²) in [4.78, 5) is 17.6. The molecule has 5 nitrogen and oxygen atoms in total. The number of aromatic nitrogens is 2. The average molecular weight is 274 g/mol. The molecule has 5 heteroatoms. The van der Waals surface area contributed by atoms with Crippen molar-refractivity contribution in [2.75, 3.05) is 0 Å². The van der Waals surface area contributed by atoms with Crippen molar-refractivity contribution in [3.63, 3.8) is 0 Å². The van der Waals surface area contributed by atoms with Crippen LogP contribution in [0.2, 0.25) is 0 Å². The molecule has 106 valence electrons. The van der Waals surface area contributed by atoms with Crippen LogP contribution in [0.1, 0.15) is 52.8 Å². The van der Waals surface area contributed by atoms with Crippen molar-refractivity contribution in [2.24, 2.45) is 0 Å². The van der Waals surface area contributed by atoms with Crippen molar-refractivity contribution in [1.29, 1.82) is 0 Å². The van der Waals surface area contributed by atoms with E-state index in [0.717, 1.165) is 29.5 Å². The van der Waals surface area contributed by atoms with E-state index in [1.54, 1.807) is 0 Å². The number of carbonyl (C=O) groups is 1. The summed E-state index contributed by atoms with van der Waals surface area (Å²) in [6.07, 6.45) is 1.91. The molecule has 0 radical (unpaired) electrons. The summed E-state index contributed by atoms with van der Waals surface area (Å²) in [7, 11) is 0. The van der Waals surface area contributed by atoms with Crippen LogP contribution in [-0.4, -0.2) is 26.2 Å². The molecule has 0 fully saturated rings. The highest BCUT2D eigenvalue weighted by molar-refractivity contribution is 5.86. The number of rotatable bonds is 5. The minimum Gasteiger partial charge on any atom is -0.476 e. The Morgan fingerprint density at radius 2 is 2.10 bits per heavy atom. The first kappa shape index (κ1) is 14.3. The van der Waals surface area contributed by atoms with Crippen molar-refractivity contribution >= 4 is 5.97 Å². The molecule has 0 spiro atoms. The normalized spacial score (nSPS) is 12.3. The highest BCUT2D eigenvalue weighted by Gasteiger charge is 2.23. The van der Waals surface area contributed by atoms with E-state index in [4.69, 9.17) is 5.11 Å². The second kappa shape index (κ2) is 5.88. The third-order valence-electron chi connectivity index (χ3n) is 3.44. The Kier molecular flexibility index (Phi) is 4.20. The van der Waals surface area contributed by atoms with Crippen LogP contribution in [0.3, 0.4) is 0 Å². The van der Waals surface area contributed by atoms with Gasteiger partial charge in [0.2, 0.25) is 0 Å². The number of benzene rings is 1. The molecule has 0 bridgehead atoms. The predicted molar refractivity (Wildman–Crippen MR) is 74.8 cm³/mol. The fraction of sp³-hybridized carbons (Fsp3) is 0.333. The summed E-state index contributed by atoms with van der Waals surface area (Å²) in [5.74, 6) is -1.15. The highest BCUT2D eigenvalue weighted by Crippen LogP contribution is 2.27. The number of nitrogens with zero attached hydrogens (tertiary/aromatic N) is 1. The Hall–Kier alpha value is -2.14. The van der Waals surface area contributed by atoms with Gasteiger partial charge < -0.3 is 15.2 Å². The number of aromatic carboxylic acids is 1. The van der Waals surface area contributed by atoms with Crippen LogP contribution < -0.4 is 0 Å². The largest absolute Gasteiger partial charge is 0.476 e. The first-order valence-corrected chi connectivity index (χ1v) is 6.64. The van der Waals surface area contributed by atoms with Crippen LogP contribution in [0.15, 0.2) is 24.5 Å². The molecular formula is C15H18N2O3. The van der Waals surface area contributed by atoms with Crippen molar-refractivity contribution in [3.8, 4) is 0 Å². The molecule has 2 aromatic rings. The van der Waals surface area contributed by atoms with Crippen LogP contribution in [-0.2, 0) is 12.8 Å². The third kappa shape index (κ3) is 2.58. The first-order chi connectivity index (χ1) is 9.58. The number of hydrogen-bond acceptors (Lipinski definition) is 3. The SMILES string of the molecule is CCc1ccc(CC)c(C(O)c2[nH]cnc2C(=O)O)c1. The van der Waals surface area contributed by atoms with Gasteiger partial charge in [-0.2, -0.15) is 0 Å². The van der Waals surface area contributed by atoms with E-state index >= 15 is 0 Å². The number of aliphatic hydroxyl groups excluding tert-OH is 1. The lowest BCUT2D eigenvalue weighted by Crippen LogP contribution is -2.10. The maximum atomic E-state index is 11.1. The van der Waals surface area contributed by atoms with Gasteiger partial charge in [-0.05, 0) is 29.5 Å². The van der Waals surface area contributed by atoms with Gasteiger partial charge in [0.15, 0.2) is 5.69 Å². The van der Waals surface area contributed by atoms with Gasteiger partial charge in [0, 0.05) is 0 Å². The van der Waals surface area contributed by atoms with E-state index in [9.17, 15) is 9.90 Å². The molecular weight excluding hydrogens is 256 g/mol. The summed E-state index contributed by atoms with van der Waals surface area (Å²) < 4.78 is 0. The first-order valence-electron chi connectivity index (χ1n) is 6.64. The van der Waals surface area contributed by atoms with Gasteiger partial charge in [0.05, 0.1) is 12.0 Å². The molecule has 1 unspecified atom stereocenters. The lowest BCUT2D eigenvalue weighted by Gasteiger charge is -2.16. The van der Waals surface area contributed by atoms with Gasteiger partial charge in [0.1, 0.15) is 6.10 Å². The zero-order chi connectivity index (χ0) is 14.7. The topological polar surface area (TPSA) is 86.2 Å². The summed E-state index contributed by atoms with van der Waals surface area (Å²) in [5.41, 5.74) is 2.92. The minimum absolute atomic E-state index is 0.138. The molecule has 0 amide bonds. The van der Waals surface area contributed by atoms with Crippen LogP contribution in [0.5, 0.6) is 0 Å². The Labute approximate surface area is 117 Å². The lowest BCUT2D eigenvalue weighted by atomic mass is 9.95. The molecule has 0 saturated carbocycles. The van der Waals surface area contributed by atoms with Gasteiger partial charge in [-0.1, -0.05) is 32.0 Å². The average Bonchev–Trinajstić information content (AvgIpc) is 2.95. The molecule has 0 saturated heterocycles. The number of H-pyrrole nitrogens is 1. The predicted octanol–water partition coefficient (Wildman–Crippen LogP) is 2.31. The Morgan fingerprint density at radius 1 is 1.35 bits per heavy atom. The molecule has 2 rings (SSSR count). The van der Waals surface area contributed by atoms with E-state index in [-0.39, 0.29) is 11.4 Å². The van der Waals surface area contributed by atoms with E-state index in [2.05, 4.69) is 9.97 Å². The Balaban J connectivity index is 2.49. The summed E-state index contributed by atoms with van der Waals surface area (Å²) in [6.45, 7) is 4.04. The van der Waals surface area contributed by atoms with Crippen LogP contribution in [0.25, 0.3) is 0 Å². The molecule has 1 aromatic heterocycles. The number of imidazole rings is 1. The third-order valence-corrected chi connectivity index (χ3v) is 3.44. The number of aliphatic hydroxyl groups is 1. The van der Waals surface area contributed by atoms with Crippen molar-refractivity contribution in [1.82, 2.24) is 9.97 Å². The second-order valence-electron chi connectivity index (χ2n) is 4.61. The summed E-state index contributed by atoms with van der Waals surface area (Å²) >= 11 is 0. The molecule has 20 heavy (non-hydrogen) atoms. The number of aromatic amines is 1. The van der Waals surface area contributed by atoms with E-state index in [0.29, 0.717) is 0 Å². The van der Waals surface area contributed by atoms with Gasteiger partial charge >= 0.3 is 5.97 Å². The molecule has 0 aliphatic heterocycles. The number of nitrogens with one attached hydrogen (secondary N) is 1. The monoisotopic (exact) mass is 274 g/mol.